The van der Waals surface area contributed by atoms with Gasteiger partial charge in [0.15, 0.2) is 0 Å². The van der Waals surface area contributed by atoms with Gasteiger partial charge in [0.1, 0.15) is 18.3 Å². The van der Waals surface area contributed by atoms with Crippen molar-refractivity contribution in [2.24, 2.45) is 0 Å². The molecule has 1 atom stereocenters. The van der Waals surface area contributed by atoms with E-state index in [0.29, 0.717) is 11.4 Å². The average molecular weight is 578 g/mol. The minimum absolute atomic E-state index is 0.0860. The molecule has 1 fully saturated rings. The summed E-state index contributed by atoms with van der Waals surface area (Å²) in [4.78, 5) is 29.0. The van der Waals surface area contributed by atoms with E-state index in [1.54, 1.807) is 56.5 Å². The summed E-state index contributed by atoms with van der Waals surface area (Å²) in [6, 6.07) is 20.1. The van der Waals surface area contributed by atoms with Crippen LogP contribution in [-0.2, 0) is 26.2 Å². The Labute approximate surface area is 243 Å². The molecule has 0 saturated heterocycles. The van der Waals surface area contributed by atoms with Crippen LogP contribution in [0.1, 0.15) is 49.3 Å². The van der Waals surface area contributed by atoms with E-state index < -0.39 is 28.5 Å². The van der Waals surface area contributed by atoms with Crippen molar-refractivity contribution in [2.75, 3.05) is 18.0 Å². The van der Waals surface area contributed by atoms with Gasteiger partial charge in [-0.3, -0.25) is 13.9 Å². The maximum absolute atomic E-state index is 14.1. The topological polar surface area (TPSA) is 96.0 Å². The molecule has 0 aromatic heterocycles. The van der Waals surface area contributed by atoms with E-state index in [0.717, 1.165) is 46.7 Å². The predicted molar refractivity (Wildman–Crippen MR) is 160 cm³/mol. The lowest BCUT2D eigenvalue weighted by atomic mass is 10.1. The Balaban J connectivity index is 1.68. The van der Waals surface area contributed by atoms with Crippen molar-refractivity contribution >= 4 is 27.5 Å². The van der Waals surface area contributed by atoms with Crippen LogP contribution in [-0.4, -0.2) is 50.9 Å². The predicted octanol–water partition coefficient (Wildman–Crippen LogP) is 4.98. The molecule has 3 aromatic rings. The molecule has 3 aromatic carbocycles. The van der Waals surface area contributed by atoms with Crippen LogP contribution >= 0.6 is 0 Å². The second-order valence-electron chi connectivity index (χ2n) is 10.7. The standard InChI is InChI=1S/C32H39N3O5S/c1-23-12-16-28(17-13-23)35(41(38,39)30-18-14-24(2)15-19-30)22-31(36)34(21-26-8-7-11-29(20-26)40-4)25(3)32(37)33-27-9-5-6-10-27/h7-8,11-20,25,27H,5-6,9-10,21-22H2,1-4H3,(H,33,37)/t25-/m1/s1. The normalized spacial score (nSPS) is 14.3. The van der Waals surface area contributed by atoms with Crippen molar-refractivity contribution in [1.29, 1.82) is 0 Å². The van der Waals surface area contributed by atoms with Crippen molar-refractivity contribution in [2.45, 2.75) is 70.0 Å². The molecule has 1 saturated carbocycles. The number of hydrogen-bond acceptors (Lipinski definition) is 5. The fraction of sp³-hybridized carbons (Fsp3) is 0.375. The number of anilines is 1. The maximum atomic E-state index is 14.1. The number of benzene rings is 3. The highest BCUT2D eigenvalue weighted by atomic mass is 32.2. The van der Waals surface area contributed by atoms with Crippen LogP contribution < -0.4 is 14.4 Å². The lowest BCUT2D eigenvalue weighted by Crippen LogP contribution is -2.52. The lowest BCUT2D eigenvalue weighted by molar-refractivity contribution is -0.139. The van der Waals surface area contributed by atoms with E-state index in [2.05, 4.69) is 5.32 Å². The lowest BCUT2D eigenvalue weighted by Gasteiger charge is -2.32. The minimum Gasteiger partial charge on any atom is -0.497 e. The molecule has 1 N–H and O–H groups in total. The molecule has 0 unspecified atom stereocenters. The number of carbonyl (C=O) groups excluding carboxylic acids is 2. The number of ether oxygens (including phenoxy) is 1. The fourth-order valence-electron chi connectivity index (χ4n) is 5.02. The van der Waals surface area contributed by atoms with Gasteiger partial charge in [0.05, 0.1) is 17.7 Å². The first-order valence-corrected chi connectivity index (χ1v) is 15.4. The van der Waals surface area contributed by atoms with Gasteiger partial charge in [-0.1, -0.05) is 60.4 Å². The number of hydrogen-bond donors (Lipinski definition) is 1. The SMILES string of the molecule is COc1cccc(CN(C(=O)CN(c2ccc(C)cc2)S(=O)(=O)c2ccc(C)cc2)[C@H](C)C(=O)NC2CCCC2)c1. The summed E-state index contributed by atoms with van der Waals surface area (Å²) in [7, 11) is -2.53. The monoisotopic (exact) mass is 577 g/mol. The first kappa shape index (κ1) is 30.1. The highest BCUT2D eigenvalue weighted by Gasteiger charge is 2.33. The Kier molecular flexibility index (Phi) is 9.70. The van der Waals surface area contributed by atoms with Gasteiger partial charge in [0.25, 0.3) is 10.0 Å². The van der Waals surface area contributed by atoms with Gasteiger partial charge in [-0.05, 0) is 75.6 Å². The molecule has 1 aliphatic rings. The molecule has 0 spiro atoms. The Morgan fingerprint density at radius 2 is 1.56 bits per heavy atom. The summed E-state index contributed by atoms with van der Waals surface area (Å²) < 4.78 is 34.3. The Morgan fingerprint density at radius 3 is 2.17 bits per heavy atom. The van der Waals surface area contributed by atoms with E-state index in [9.17, 15) is 18.0 Å². The molecule has 9 heteroatoms. The van der Waals surface area contributed by atoms with Crippen LogP contribution in [0.5, 0.6) is 5.75 Å². The van der Waals surface area contributed by atoms with Crippen LogP contribution in [0.15, 0.2) is 77.7 Å². The average Bonchev–Trinajstić information content (AvgIpc) is 3.48. The molecular weight excluding hydrogens is 538 g/mol. The summed E-state index contributed by atoms with van der Waals surface area (Å²) in [6.07, 6.45) is 3.96. The maximum Gasteiger partial charge on any atom is 0.264 e. The third kappa shape index (κ3) is 7.47. The first-order chi connectivity index (χ1) is 19.6. The molecule has 41 heavy (non-hydrogen) atoms. The molecular formula is C32H39N3O5S. The summed E-state index contributed by atoms with van der Waals surface area (Å²) >= 11 is 0. The molecule has 4 rings (SSSR count). The molecule has 8 nitrogen and oxygen atoms in total. The summed E-state index contributed by atoms with van der Waals surface area (Å²) in [6.45, 7) is 5.12. The number of nitrogens with zero attached hydrogens (tertiary/aromatic N) is 2. The van der Waals surface area contributed by atoms with E-state index in [1.807, 2.05) is 44.2 Å². The molecule has 218 valence electrons. The third-order valence-electron chi connectivity index (χ3n) is 7.57. The highest BCUT2D eigenvalue weighted by molar-refractivity contribution is 7.92. The number of amides is 2. The third-order valence-corrected chi connectivity index (χ3v) is 9.35. The van der Waals surface area contributed by atoms with E-state index in [1.165, 1.54) is 4.90 Å². The number of methoxy groups -OCH3 is 1. The number of aryl methyl sites for hydroxylation is 2. The fourth-order valence-corrected chi connectivity index (χ4v) is 6.43. The number of rotatable bonds is 11. The van der Waals surface area contributed by atoms with E-state index in [4.69, 9.17) is 4.74 Å². The number of carbonyl (C=O) groups is 2. The zero-order chi connectivity index (χ0) is 29.6. The van der Waals surface area contributed by atoms with Crippen LogP contribution in [0, 0.1) is 13.8 Å². The van der Waals surface area contributed by atoms with Gasteiger partial charge in [0.2, 0.25) is 11.8 Å². The molecule has 0 radical (unpaired) electrons. The van der Waals surface area contributed by atoms with Gasteiger partial charge in [-0.15, -0.1) is 0 Å². The molecule has 0 heterocycles. The molecule has 0 bridgehead atoms. The van der Waals surface area contributed by atoms with Gasteiger partial charge >= 0.3 is 0 Å². The Bertz CT molecular complexity index is 1450. The van der Waals surface area contributed by atoms with Crippen molar-refractivity contribution in [3.63, 3.8) is 0 Å². The zero-order valence-corrected chi connectivity index (χ0v) is 25.0. The van der Waals surface area contributed by atoms with Crippen LogP contribution in [0.25, 0.3) is 0 Å². The van der Waals surface area contributed by atoms with Gasteiger partial charge in [0, 0.05) is 12.6 Å². The molecule has 1 aliphatic carbocycles. The smallest absolute Gasteiger partial charge is 0.264 e. The Morgan fingerprint density at radius 1 is 0.951 bits per heavy atom. The zero-order valence-electron chi connectivity index (χ0n) is 24.2. The van der Waals surface area contributed by atoms with Crippen molar-refractivity contribution < 1.29 is 22.7 Å². The first-order valence-electron chi connectivity index (χ1n) is 14.0. The number of sulfonamides is 1. The summed E-state index contributed by atoms with van der Waals surface area (Å²) in [5.41, 5.74) is 3.02. The second kappa shape index (κ2) is 13.2. The van der Waals surface area contributed by atoms with Crippen molar-refractivity contribution in [3.05, 3.63) is 89.5 Å². The van der Waals surface area contributed by atoms with Crippen LogP contribution in [0.3, 0.4) is 0 Å². The molecule has 2 amide bonds. The van der Waals surface area contributed by atoms with Crippen molar-refractivity contribution in [1.82, 2.24) is 10.2 Å². The second-order valence-corrected chi connectivity index (χ2v) is 12.6. The van der Waals surface area contributed by atoms with Crippen LogP contribution in [0.4, 0.5) is 5.69 Å². The van der Waals surface area contributed by atoms with Gasteiger partial charge < -0.3 is 15.0 Å². The highest BCUT2D eigenvalue weighted by Crippen LogP contribution is 2.26. The van der Waals surface area contributed by atoms with Crippen molar-refractivity contribution in [3.8, 4) is 5.75 Å². The Hall–Kier alpha value is -3.85. The van der Waals surface area contributed by atoms with E-state index in [-0.39, 0.29) is 23.4 Å². The van der Waals surface area contributed by atoms with Crippen LogP contribution in [0.2, 0.25) is 0 Å². The van der Waals surface area contributed by atoms with E-state index >= 15 is 0 Å². The van der Waals surface area contributed by atoms with Gasteiger partial charge in [-0.2, -0.15) is 0 Å². The quantitative estimate of drug-likeness (QED) is 0.347. The minimum atomic E-state index is -4.10. The summed E-state index contributed by atoms with van der Waals surface area (Å²) in [5.74, 6) is -0.115. The van der Waals surface area contributed by atoms with Gasteiger partial charge in [-0.25, -0.2) is 8.42 Å². The molecule has 0 aliphatic heterocycles. The number of nitrogens with one attached hydrogen (secondary N) is 1. The largest absolute Gasteiger partial charge is 0.497 e. The summed E-state index contributed by atoms with van der Waals surface area (Å²) in [5, 5.41) is 3.09.